The number of likely N-dealkylation sites (tertiary alicyclic amines) is 1. The fourth-order valence-electron chi connectivity index (χ4n) is 3.99. The molecule has 2 aliphatic rings. The third kappa shape index (κ3) is 4.92. The molecule has 1 saturated heterocycles. The summed E-state index contributed by atoms with van der Waals surface area (Å²) >= 11 is 1.39. The van der Waals surface area contributed by atoms with Crippen LogP contribution in [0.1, 0.15) is 43.8 Å². The number of fused-ring (bicyclic) bond motifs is 1. The van der Waals surface area contributed by atoms with Crippen molar-refractivity contribution in [1.82, 2.24) is 30.0 Å². The molecule has 4 rings (SSSR count). The zero-order valence-electron chi connectivity index (χ0n) is 16.5. The van der Waals surface area contributed by atoms with Crippen LogP contribution in [-0.2, 0) is 24.2 Å². The zero-order valence-corrected chi connectivity index (χ0v) is 17.3. The van der Waals surface area contributed by atoms with E-state index in [2.05, 4.69) is 30.4 Å². The molecule has 0 saturated carbocycles. The number of carbonyl (C=O) groups is 2. The van der Waals surface area contributed by atoms with Crippen molar-refractivity contribution < 1.29 is 9.59 Å². The van der Waals surface area contributed by atoms with Gasteiger partial charge in [-0.1, -0.05) is 6.42 Å². The van der Waals surface area contributed by atoms with E-state index in [0.717, 1.165) is 43.9 Å². The number of urea groups is 1. The van der Waals surface area contributed by atoms with E-state index in [1.54, 1.807) is 11.1 Å². The van der Waals surface area contributed by atoms with Gasteiger partial charge in [-0.3, -0.25) is 4.79 Å². The molecular weight excluding hydrogens is 390 g/mol. The van der Waals surface area contributed by atoms with Crippen LogP contribution in [0.25, 0.3) is 0 Å². The summed E-state index contributed by atoms with van der Waals surface area (Å²) in [6.45, 7) is 2.59. The monoisotopic (exact) mass is 417 g/mol. The van der Waals surface area contributed by atoms with Gasteiger partial charge in [-0.05, 0) is 25.7 Å². The smallest absolute Gasteiger partial charge is 0.317 e. The molecule has 2 aromatic rings. The Labute approximate surface area is 173 Å². The number of nitrogens with zero attached hydrogens (tertiary/aromatic N) is 5. The lowest BCUT2D eigenvalue weighted by atomic mass is 9.97. The summed E-state index contributed by atoms with van der Waals surface area (Å²) < 4.78 is 2.21. The van der Waals surface area contributed by atoms with Crippen molar-refractivity contribution in [3.63, 3.8) is 0 Å². The number of thiazole rings is 1. The maximum atomic E-state index is 12.6. The van der Waals surface area contributed by atoms with Gasteiger partial charge in [-0.15, -0.1) is 21.5 Å². The average Bonchev–Trinajstić information content (AvgIpc) is 3.32. The van der Waals surface area contributed by atoms with Crippen molar-refractivity contribution in [2.24, 2.45) is 5.92 Å². The van der Waals surface area contributed by atoms with E-state index in [4.69, 9.17) is 0 Å². The number of aryl methyl sites for hydroxylation is 1. The molecule has 10 heteroatoms. The maximum absolute atomic E-state index is 12.6. The Morgan fingerprint density at radius 2 is 2.10 bits per heavy atom. The summed E-state index contributed by atoms with van der Waals surface area (Å²) in [5.41, 5.74) is 0. The largest absolute Gasteiger partial charge is 0.338 e. The van der Waals surface area contributed by atoms with Gasteiger partial charge < -0.3 is 20.1 Å². The molecule has 156 valence electrons. The second-order valence-corrected chi connectivity index (χ2v) is 8.48. The molecule has 0 bridgehead atoms. The van der Waals surface area contributed by atoms with Crippen molar-refractivity contribution in [3.8, 4) is 0 Å². The minimum absolute atomic E-state index is 0.0661. The van der Waals surface area contributed by atoms with E-state index >= 15 is 0 Å². The fourth-order valence-corrected chi connectivity index (χ4v) is 4.52. The second-order valence-electron chi connectivity index (χ2n) is 7.59. The van der Waals surface area contributed by atoms with Crippen molar-refractivity contribution in [2.75, 3.05) is 25.0 Å². The number of aromatic nitrogens is 4. The van der Waals surface area contributed by atoms with Crippen molar-refractivity contribution >= 4 is 28.4 Å². The van der Waals surface area contributed by atoms with Crippen LogP contribution in [-0.4, -0.2) is 56.2 Å². The van der Waals surface area contributed by atoms with E-state index in [9.17, 15) is 9.59 Å². The highest BCUT2D eigenvalue weighted by Crippen LogP contribution is 2.20. The van der Waals surface area contributed by atoms with Crippen LogP contribution < -0.4 is 10.6 Å². The predicted octanol–water partition coefficient (Wildman–Crippen LogP) is 2.06. The number of nitrogens with one attached hydrogen (secondary N) is 2. The van der Waals surface area contributed by atoms with Gasteiger partial charge in [0.1, 0.15) is 11.6 Å². The van der Waals surface area contributed by atoms with Gasteiger partial charge in [0.05, 0.1) is 5.92 Å². The highest BCUT2D eigenvalue weighted by atomic mass is 32.1. The number of piperidine rings is 1. The minimum Gasteiger partial charge on any atom is -0.338 e. The van der Waals surface area contributed by atoms with Crippen LogP contribution in [0.2, 0.25) is 0 Å². The van der Waals surface area contributed by atoms with E-state index in [1.807, 2.05) is 5.38 Å². The van der Waals surface area contributed by atoms with Crippen molar-refractivity contribution in [2.45, 2.75) is 51.5 Å². The number of anilines is 1. The van der Waals surface area contributed by atoms with Gasteiger partial charge in [0, 0.05) is 50.6 Å². The molecule has 0 aliphatic carbocycles. The van der Waals surface area contributed by atoms with Gasteiger partial charge >= 0.3 is 6.03 Å². The van der Waals surface area contributed by atoms with E-state index in [0.29, 0.717) is 31.2 Å². The molecule has 1 fully saturated rings. The Morgan fingerprint density at radius 1 is 1.17 bits per heavy atom. The van der Waals surface area contributed by atoms with Crippen LogP contribution >= 0.6 is 11.3 Å². The van der Waals surface area contributed by atoms with E-state index < -0.39 is 0 Å². The third-order valence-corrected chi connectivity index (χ3v) is 6.24. The molecular formula is C19H27N7O2S. The first-order valence-corrected chi connectivity index (χ1v) is 11.2. The first kappa shape index (κ1) is 19.8. The van der Waals surface area contributed by atoms with E-state index in [-0.39, 0.29) is 17.9 Å². The lowest BCUT2D eigenvalue weighted by Gasteiger charge is -2.31. The summed E-state index contributed by atoms with van der Waals surface area (Å²) in [5.74, 6) is 1.74. The van der Waals surface area contributed by atoms with Crippen molar-refractivity contribution in [1.29, 1.82) is 0 Å². The van der Waals surface area contributed by atoms with Gasteiger partial charge in [-0.25, -0.2) is 9.78 Å². The molecule has 0 aromatic carbocycles. The van der Waals surface area contributed by atoms with Gasteiger partial charge in [0.25, 0.3) is 0 Å². The second kappa shape index (κ2) is 9.34. The topological polar surface area (TPSA) is 105 Å². The number of hydrogen-bond donors (Lipinski definition) is 2. The molecule has 0 radical (unpaired) electrons. The Hall–Kier alpha value is -2.49. The standard InChI is InChI=1S/C19H27N7O2S/c27-17(22-18-20-9-12-29-18)14-5-4-10-25(13-14)19(28)21-8-7-16-24-23-15-6-2-1-3-11-26(15)16/h9,12,14H,1-8,10-11,13H2,(H,21,28)(H,20,22,27). The van der Waals surface area contributed by atoms with Gasteiger partial charge in [0.15, 0.2) is 5.13 Å². The quantitative estimate of drug-likeness (QED) is 0.775. The normalized spacial score (nSPS) is 19.3. The van der Waals surface area contributed by atoms with E-state index in [1.165, 1.54) is 24.2 Å². The molecule has 2 aliphatic heterocycles. The highest BCUT2D eigenvalue weighted by molar-refractivity contribution is 7.13. The SMILES string of the molecule is O=C(Nc1nccs1)C1CCCN(C(=O)NCCc2nnc3n2CCCCC3)C1. The Balaban J connectivity index is 1.25. The summed E-state index contributed by atoms with van der Waals surface area (Å²) in [6, 6.07) is -0.118. The molecule has 9 nitrogen and oxygen atoms in total. The van der Waals surface area contributed by atoms with Crippen LogP contribution in [0.4, 0.5) is 9.93 Å². The number of rotatable bonds is 5. The van der Waals surface area contributed by atoms with Crippen molar-refractivity contribution in [3.05, 3.63) is 23.2 Å². The van der Waals surface area contributed by atoms with Crippen LogP contribution in [0.3, 0.4) is 0 Å². The Morgan fingerprint density at radius 3 is 2.97 bits per heavy atom. The minimum atomic E-state index is -0.203. The number of carbonyl (C=O) groups excluding carboxylic acids is 2. The Bertz CT molecular complexity index is 836. The maximum Gasteiger partial charge on any atom is 0.317 e. The molecule has 29 heavy (non-hydrogen) atoms. The first-order chi connectivity index (χ1) is 14.2. The lowest BCUT2D eigenvalue weighted by molar-refractivity contribution is -0.121. The highest BCUT2D eigenvalue weighted by Gasteiger charge is 2.28. The summed E-state index contributed by atoms with van der Waals surface area (Å²) in [5, 5.41) is 16.9. The first-order valence-electron chi connectivity index (χ1n) is 10.3. The number of hydrogen-bond acceptors (Lipinski definition) is 6. The van der Waals surface area contributed by atoms with Crippen LogP contribution in [0.5, 0.6) is 0 Å². The lowest BCUT2D eigenvalue weighted by Crippen LogP contribution is -2.48. The fraction of sp³-hybridized carbons (Fsp3) is 0.632. The third-order valence-electron chi connectivity index (χ3n) is 5.55. The molecule has 0 spiro atoms. The molecule has 4 heterocycles. The molecule has 2 N–H and O–H groups in total. The number of amides is 3. The molecule has 1 atom stereocenters. The average molecular weight is 418 g/mol. The van der Waals surface area contributed by atoms with Crippen LogP contribution in [0, 0.1) is 5.92 Å². The predicted molar refractivity (Wildman–Crippen MR) is 110 cm³/mol. The van der Waals surface area contributed by atoms with Crippen LogP contribution in [0.15, 0.2) is 11.6 Å². The summed E-state index contributed by atoms with van der Waals surface area (Å²) in [7, 11) is 0. The Kier molecular flexibility index (Phi) is 6.38. The van der Waals surface area contributed by atoms with Gasteiger partial charge in [0.2, 0.25) is 5.91 Å². The molecule has 1 unspecified atom stereocenters. The molecule has 2 aromatic heterocycles. The van der Waals surface area contributed by atoms with Gasteiger partial charge in [-0.2, -0.15) is 0 Å². The summed E-state index contributed by atoms with van der Waals surface area (Å²) in [6.07, 6.45) is 8.47. The zero-order chi connectivity index (χ0) is 20.1. The molecule has 3 amide bonds. The summed E-state index contributed by atoms with van der Waals surface area (Å²) in [4.78, 5) is 30.9.